The first-order chi connectivity index (χ1) is 16.9. The highest BCUT2D eigenvalue weighted by atomic mass is 15.4. The number of hydrogen-bond donors (Lipinski definition) is 2. The monoisotopic (exact) mass is 442 g/mol. The molecule has 0 saturated carbocycles. The fourth-order valence-corrected chi connectivity index (χ4v) is 5.04. The lowest BCUT2D eigenvalue weighted by atomic mass is 9.86. The zero-order valence-electron chi connectivity index (χ0n) is 18.9. The van der Waals surface area contributed by atoms with Crippen molar-refractivity contribution in [3.05, 3.63) is 143 Å². The first-order valence-corrected chi connectivity index (χ1v) is 11.8. The molecule has 2 aliphatic heterocycles. The summed E-state index contributed by atoms with van der Waals surface area (Å²) in [5, 5.41) is 0. The van der Waals surface area contributed by atoms with Gasteiger partial charge in [-0.05, 0) is 22.3 Å². The lowest BCUT2D eigenvalue weighted by Crippen LogP contribution is -2.45. The quantitative estimate of drug-likeness (QED) is 0.416. The summed E-state index contributed by atoms with van der Waals surface area (Å²) in [5.41, 5.74) is 14.2. The second-order valence-corrected chi connectivity index (χ2v) is 8.73. The molecule has 0 fully saturated rings. The van der Waals surface area contributed by atoms with E-state index < -0.39 is 0 Å². The zero-order chi connectivity index (χ0) is 22.7. The van der Waals surface area contributed by atoms with Crippen molar-refractivity contribution >= 4 is 11.7 Å². The molecule has 4 aromatic carbocycles. The molecule has 4 nitrogen and oxygen atoms in total. The van der Waals surface area contributed by atoms with Gasteiger partial charge in [-0.3, -0.25) is 20.8 Å². The molecule has 6 rings (SSSR count). The van der Waals surface area contributed by atoms with Gasteiger partial charge in [0.15, 0.2) is 0 Å². The summed E-state index contributed by atoms with van der Waals surface area (Å²) in [4.78, 5) is 9.84. The van der Waals surface area contributed by atoms with Crippen molar-refractivity contribution in [3.63, 3.8) is 0 Å². The van der Waals surface area contributed by atoms with Crippen molar-refractivity contribution in [2.24, 2.45) is 9.98 Å². The minimum Gasteiger partial charge on any atom is -0.283 e. The summed E-state index contributed by atoms with van der Waals surface area (Å²) in [6.07, 6.45) is 0. The molecular weight excluding hydrogens is 416 g/mol. The molecule has 2 unspecified atom stereocenters. The fourth-order valence-electron chi connectivity index (χ4n) is 5.04. The summed E-state index contributed by atoms with van der Waals surface area (Å²) in [6, 6.07) is 38.3. The van der Waals surface area contributed by atoms with Crippen LogP contribution in [0.15, 0.2) is 119 Å². The molecule has 0 spiro atoms. The first-order valence-electron chi connectivity index (χ1n) is 11.8. The molecule has 2 N–H and O–H groups in total. The average Bonchev–Trinajstić information content (AvgIpc) is 2.92. The highest BCUT2D eigenvalue weighted by Gasteiger charge is 2.26. The van der Waals surface area contributed by atoms with Crippen molar-refractivity contribution in [1.29, 1.82) is 0 Å². The SMILES string of the molecule is c1ccc(C2CN=C(NNC3=NCC(c4ccccc4)c4ccccc43)c3ccccc32)cc1. The van der Waals surface area contributed by atoms with E-state index in [1.54, 1.807) is 0 Å². The zero-order valence-corrected chi connectivity index (χ0v) is 18.9. The molecule has 0 saturated heterocycles. The number of hydrogen-bond acceptors (Lipinski definition) is 4. The van der Waals surface area contributed by atoms with Gasteiger partial charge in [0.2, 0.25) is 0 Å². The van der Waals surface area contributed by atoms with Crippen LogP contribution in [0.25, 0.3) is 0 Å². The second kappa shape index (κ2) is 8.99. The molecule has 166 valence electrons. The van der Waals surface area contributed by atoms with Gasteiger partial charge in [0, 0.05) is 23.0 Å². The van der Waals surface area contributed by atoms with E-state index >= 15 is 0 Å². The number of hydrazine groups is 1. The van der Waals surface area contributed by atoms with E-state index in [2.05, 4.69) is 120 Å². The molecule has 0 bridgehead atoms. The number of nitrogens with one attached hydrogen (secondary N) is 2. The Labute approximate surface area is 200 Å². The smallest absolute Gasteiger partial charge is 0.147 e. The minimum absolute atomic E-state index is 0.266. The Morgan fingerprint density at radius 1 is 0.471 bits per heavy atom. The van der Waals surface area contributed by atoms with Crippen molar-refractivity contribution in [2.45, 2.75) is 11.8 Å². The van der Waals surface area contributed by atoms with Crippen molar-refractivity contribution in [2.75, 3.05) is 13.1 Å². The Balaban J connectivity index is 1.25. The molecule has 0 amide bonds. The second-order valence-electron chi connectivity index (χ2n) is 8.73. The van der Waals surface area contributed by atoms with E-state index in [0.29, 0.717) is 13.1 Å². The number of rotatable bonds is 2. The van der Waals surface area contributed by atoms with E-state index in [1.807, 2.05) is 0 Å². The summed E-state index contributed by atoms with van der Waals surface area (Å²) in [5.74, 6) is 2.24. The Morgan fingerprint density at radius 2 is 0.853 bits per heavy atom. The molecule has 2 atom stereocenters. The van der Waals surface area contributed by atoms with Gasteiger partial charge in [-0.15, -0.1) is 0 Å². The first kappa shape index (κ1) is 20.4. The van der Waals surface area contributed by atoms with Gasteiger partial charge < -0.3 is 0 Å². The molecule has 34 heavy (non-hydrogen) atoms. The standard InChI is InChI=1S/C30H26N4/c1-3-11-21(12-4-1)27-19-31-29(25-17-9-7-15-23(25)27)33-34-30-26-18-10-8-16-24(26)28(20-32-30)22-13-5-2-6-14-22/h1-18,27-28H,19-20H2,(H,31,33)(H,32,34). The number of aliphatic imine (C=N–C) groups is 2. The normalized spacial score (nSPS) is 18.7. The Hall–Kier alpha value is -4.18. The van der Waals surface area contributed by atoms with Crippen LogP contribution in [0.1, 0.15) is 45.2 Å². The van der Waals surface area contributed by atoms with Gasteiger partial charge in [-0.25, -0.2) is 0 Å². The third-order valence-corrected chi connectivity index (χ3v) is 6.75. The van der Waals surface area contributed by atoms with Crippen LogP contribution in [0.3, 0.4) is 0 Å². The van der Waals surface area contributed by atoms with Gasteiger partial charge in [-0.2, -0.15) is 0 Å². The molecule has 4 aromatic rings. The van der Waals surface area contributed by atoms with Crippen LogP contribution in [0.2, 0.25) is 0 Å². The van der Waals surface area contributed by atoms with Gasteiger partial charge in [-0.1, -0.05) is 109 Å². The van der Waals surface area contributed by atoms with Crippen LogP contribution in [-0.2, 0) is 0 Å². The van der Waals surface area contributed by atoms with Crippen molar-refractivity contribution in [3.8, 4) is 0 Å². The summed E-state index contributed by atoms with van der Waals surface area (Å²) >= 11 is 0. The van der Waals surface area contributed by atoms with Gasteiger partial charge in [0.25, 0.3) is 0 Å². The molecule has 0 aliphatic carbocycles. The molecule has 0 radical (unpaired) electrons. The minimum atomic E-state index is 0.266. The van der Waals surface area contributed by atoms with Crippen LogP contribution in [0.4, 0.5) is 0 Å². The lowest BCUT2D eigenvalue weighted by molar-refractivity contribution is 0.752. The van der Waals surface area contributed by atoms with E-state index in [1.165, 1.54) is 22.3 Å². The molecule has 2 heterocycles. The maximum absolute atomic E-state index is 4.92. The Bertz CT molecular complexity index is 1250. The number of amidine groups is 2. The van der Waals surface area contributed by atoms with E-state index in [-0.39, 0.29) is 11.8 Å². The van der Waals surface area contributed by atoms with Crippen LogP contribution >= 0.6 is 0 Å². The topological polar surface area (TPSA) is 48.8 Å². The van der Waals surface area contributed by atoms with Crippen LogP contribution in [0.5, 0.6) is 0 Å². The van der Waals surface area contributed by atoms with Crippen LogP contribution < -0.4 is 10.9 Å². The number of benzene rings is 4. The summed E-state index contributed by atoms with van der Waals surface area (Å²) in [7, 11) is 0. The summed E-state index contributed by atoms with van der Waals surface area (Å²) in [6.45, 7) is 1.42. The molecular formula is C30H26N4. The number of fused-ring (bicyclic) bond motifs is 2. The van der Waals surface area contributed by atoms with Crippen molar-refractivity contribution in [1.82, 2.24) is 10.9 Å². The highest BCUT2D eigenvalue weighted by Crippen LogP contribution is 2.32. The van der Waals surface area contributed by atoms with Gasteiger partial charge in [0.05, 0.1) is 13.1 Å². The van der Waals surface area contributed by atoms with Gasteiger partial charge in [0.1, 0.15) is 11.7 Å². The lowest BCUT2D eigenvalue weighted by Gasteiger charge is -2.28. The Morgan fingerprint density at radius 3 is 1.29 bits per heavy atom. The predicted molar refractivity (Wildman–Crippen MR) is 139 cm³/mol. The average molecular weight is 443 g/mol. The maximum atomic E-state index is 4.92. The predicted octanol–water partition coefficient (Wildman–Crippen LogP) is 5.27. The third-order valence-electron chi connectivity index (χ3n) is 6.75. The largest absolute Gasteiger partial charge is 0.283 e. The highest BCUT2D eigenvalue weighted by molar-refractivity contribution is 6.06. The van der Waals surface area contributed by atoms with E-state index in [0.717, 1.165) is 22.8 Å². The van der Waals surface area contributed by atoms with Crippen LogP contribution in [0, 0.1) is 0 Å². The van der Waals surface area contributed by atoms with E-state index in [9.17, 15) is 0 Å². The number of nitrogens with zero attached hydrogens (tertiary/aromatic N) is 2. The molecule has 4 heteroatoms. The van der Waals surface area contributed by atoms with E-state index in [4.69, 9.17) is 9.98 Å². The fraction of sp³-hybridized carbons (Fsp3) is 0.133. The van der Waals surface area contributed by atoms with Crippen molar-refractivity contribution < 1.29 is 0 Å². The van der Waals surface area contributed by atoms with Gasteiger partial charge >= 0.3 is 0 Å². The maximum Gasteiger partial charge on any atom is 0.147 e. The molecule has 2 aliphatic rings. The summed E-state index contributed by atoms with van der Waals surface area (Å²) < 4.78 is 0. The molecule has 0 aromatic heterocycles. The third kappa shape index (κ3) is 3.77. The Kier molecular flexibility index (Phi) is 5.40. The van der Waals surface area contributed by atoms with Crippen LogP contribution in [-0.4, -0.2) is 24.8 Å².